The molecule has 11 heteroatoms. The summed E-state index contributed by atoms with van der Waals surface area (Å²) in [5.74, 6) is -8.98. The quantitative estimate of drug-likeness (QED) is 0.196. The van der Waals surface area contributed by atoms with Crippen molar-refractivity contribution in [3.8, 4) is 0 Å². The Labute approximate surface area is 144 Å². The number of carboxylic acids is 2. The van der Waals surface area contributed by atoms with Gasteiger partial charge in [0.25, 0.3) is 11.7 Å². The van der Waals surface area contributed by atoms with Crippen LogP contribution in [0, 0.1) is 11.8 Å². The highest BCUT2D eigenvalue weighted by molar-refractivity contribution is 5.89. The van der Waals surface area contributed by atoms with Gasteiger partial charge in [-0.3, -0.25) is 14.4 Å². The summed E-state index contributed by atoms with van der Waals surface area (Å²) >= 11 is 0. The predicted molar refractivity (Wildman–Crippen MR) is 83.6 cm³/mol. The standard InChI is InChI=1S/C14H25N3O8/c1-6(2)9(15)11(20)16-10(7(3)4)12(21)17-25-14(24,13(22)23)5-8(18)19/h6-7,9-10,24H,5,15H2,1-4H3,(H,16,20)(H,17,21)(H,18,19)(H,22,23)/t9-,10-,14?/m0/s1. The first-order chi connectivity index (χ1) is 11.3. The van der Waals surface area contributed by atoms with Gasteiger partial charge < -0.3 is 26.4 Å². The number of hydrogen-bond donors (Lipinski definition) is 6. The molecule has 0 aromatic rings. The van der Waals surface area contributed by atoms with Crippen molar-refractivity contribution in [3.05, 3.63) is 0 Å². The number of carbonyl (C=O) groups excluding carboxylic acids is 2. The molecule has 0 aromatic carbocycles. The molecule has 0 aliphatic rings. The van der Waals surface area contributed by atoms with Crippen LogP contribution in [0.25, 0.3) is 0 Å². The zero-order valence-corrected chi connectivity index (χ0v) is 14.5. The van der Waals surface area contributed by atoms with Crippen molar-refractivity contribution in [2.24, 2.45) is 17.6 Å². The van der Waals surface area contributed by atoms with E-state index in [1.54, 1.807) is 33.2 Å². The molecule has 11 nitrogen and oxygen atoms in total. The second-order valence-corrected chi connectivity index (χ2v) is 6.23. The zero-order chi connectivity index (χ0) is 19.9. The van der Waals surface area contributed by atoms with E-state index >= 15 is 0 Å². The van der Waals surface area contributed by atoms with E-state index in [9.17, 15) is 24.3 Å². The summed E-state index contributed by atoms with van der Waals surface area (Å²) in [6.07, 6.45) is -1.31. The topological polar surface area (TPSA) is 188 Å². The van der Waals surface area contributed by atoms with Gasteiger partial charge in [0, 0.05) is 0 Å². The number of aliphatic carboxylic acids is 2. The van der Waals surface area contributed by atoms with Gasteiger partial charge in [-0.25, -0.2) is 15.1 Å². The lowest BCUT2D eigenvalue weighted by Gasteiger charge is -2.26. The average Bonchev–Trinajstić information content (AvgIpc) is 2.47. The highest BCUT2D eigenvalue weighted by Gasteiger charge is 2.42. The molecule has 7 N–H and O–H groups in total. The molecule has 0 fully saturated rings. The third kappa shape index (κ3) is 7.03. The molecule has 144 valence electrons. The van der Waals surface area contributed by atoms with Crippen LogP contribution in [0.4, 0.5) is 0 Å². The summed E-state index contributed by atoms with van der Waals surface area (Å²) in [6.45, 7) is 6.64. The molecular formula is C14H25N3O8. The van der Waals surface area contributed by atoms with Crippen LogP contribution < -0.4 is 16.5 Å². The van der Waals surface area contributed by atoms with Crippen LogP contribution in [0.2, 0.25) is 0 Å². The molecule has 0 aliphatic carbocycles. The average molecular weight is 363 g/mol. The lowest BCUT2D eigenvalue weighted by Crippen LogP contribution is -2.57. The van der Waals surface area contributed by atoms with E-state index < -0.39 is 54.0 Å². The smallest absolute Gasteiger partial charge is 0.367 e. The minimum atomic E-state index is -3.15. The normalized spacial score (nSPS) is 16.0. The van der Waals surface area contributed by atoms with E-state index in [2.05, 4.69) is 10.2 Å². The fourth-order valence-electron chi connectivity index (χ4n) is 1.65. The van der Waals surface area contributed by atoms with Gasteiger partial charge in [-0.05, 0) is 11.8 Å². The summed E-state index contributed by atoms with van der Waals surface area (Å²) in [7, 11) is 0. The van der Waals surface area contributed by atoms with Gasteiger partial charge in [0.2, 0.25) is 5.91 Å². The Morgan fingerprint density at radius 1 is 1.04 bits per heavy atom. The molecule has 0 aromatic heterocycles. The molecule has 2 amide bonds. The monoisotopic (exact) mass is 363 g/mol. The van der Waals surface area contributed by atoms with Gasteiger partial charge >= 0.3 is 11.9 Å². The fourth-order valence-corrected chi connectivity index (χ4v) is 1.65. The van der Waals surface area contributed by atoms with E-state index in [1.807, 2.05) is 0 Å². The minimum absolute atomic E-state index is 0.181. The number of nitrogens with one attached hydrogen (secondary N) is 2. The number of hydroxylamine groups is 1. The molecule has 0 saturated carbocycles. The molecule has 0 radical (unpaired) electrons. The summed E-state index contributed by atoms with van der Waals surface area (Å²) in [5, 5.41) is 29.5. The van der Waals surface area contributed by atoms with Crippen LogP contribution in [0.5, 0.6) is 0 Å². The number of carboxylic acid groups (broad SMARTS) is 2. The van der Waals surface area contributed by atoms with E-state index in [-0.39, 0.29) is 5.92 Å². The molecule has 0 heterocycles. The highest BCUT2D eigenvalue weighted by atomic mass is 16.8. The van der Waals surface area contributed by atoms with Crippen molar-refractivity contribution >= 4 is 23.8 Å². The Hall–Kier alpha value is -2.24. The van der Waals surface area contributed by atoms with Crippen LogP contribution >= 0.6 is 0 Å². The van der Waals surface area contributed by atoms with Gasteiger partial charge in [-0.2, -0.15) is 0 Å². The van der Waals surface area contributed by atoms with Crippen molar-refractivity contribution in [3.63, 3.8) is 0 Å². The molecular weight excluding hydrogens is 338 g/mol. The summed E-state index contributed by atoms with van der Waals surface area (Å²) < 4.78 is 0. The number of aliphatic hydroxyl groups is 1. The molecule has 0 bridgehead atoms. The Morgan fingerprint density at radius 2 is 1.56 bits per heavy atom. The van der Waals surface area contributed by atoms with E-state index in [0.29, 0.717) is 0 Å². The predicted octanol–water partition coefficient (Wildman–Crippen LogP) is -1.59. The van der Waals surface area contributed by atoms with Crippen LogP contribution in [0.3, 0.4) is 0 Å². The number of nitrogens with two attached hydrogens (primary N) is 1. The largest absolute Gasteiger partial charge is 0.481 e. The molecule has 3 atom stereocenters. The molecule has 0 rings (SSSR count). The van der Waals surface area contributed by atoms with Crippen molar-refractivity contribution in [2.45, 2.75) is 52.0 Å². The second-order valence-electron chi connectivity index (χ2n) is 6.23. The maximum absolute atomic E-state index is 12.1. The number of carbonyl (C=O) groups is 4. The highest BCUT2D eigenvalue weighted by Crippen LogP contribution is 2.12. The Bertz CT molecular complexity index is 522. The molecule has 0 aliphatic heterocycles. The van der Waals surface area contributed by atoms with Gasteiger partial charge in [0.15, 0.2) is 0 Å². The minimum Gasteiger partial charge on any atom is -0.481 e. The Kier molecular flexibility index (Phi) is 8.46. The first kappa shape index (κ1) is 22.8. The molecule has 0 spiro atoms. The lowest BCUT2D eigenvalue weighted by molar-refractivity contribution is -0.248. The second kappa shape index (κ2) is 9.30. The van der Waals surface area contributed by atoms with Gasteiger partial charge in [-0.1, -0.05) is 27.7 Å². The summed E-state index contributed by atoms with van der Waals surface area (Å²) in [6, 6.07) is -2.00. The fraction of sp³-hybridized carbons (Fsp3) is 0.714. The van der Waals surface area contributed by atoms with Crippen molar-refractivity contribution in [1.29, 1.82) is 0 Å². The lowest BCUT2D eigenvalue weighted by atomic mass is 10.0. The first-order valence-electron chi connectivity index (χ1n) is 7.53. The third-order valence-electron chi connectivity index (χ3n) is 3.31. The number of hydrogen-bond acceptors (Lipinski definition) is 7. The van der Waals surface area contributed by atoms with Crippen LogP contribution in [0.15, 0.2) is 0 Å². The molecule has 1 unspecified atom stereocenters. The summed E-state index contributed by atoms with van der Waals surface area (Å²) in [4.78, 5) is 50.0. The van der Waals surface area contributed by atoms with Gasteiger partial charge in [0.05, 0.1) is 6.04 Å². The third-order valence-corrected chi connectivity index (χ3v) is 3.31. The van der Waals surface area contributed by atoms with E-state index in [0.717, 1.165) is 0 Å². The van der Waals surface area contributed by atoms with Crippen molar-refractivity contribution < 1.29 is 39.3 Å². The van der Waals surface area contributed by atoms with Crippen molar-refractivity contribution in [2.75, 3.05) is 0 Å². The van der Waals surface area contributed by atoms with Crippen molar-refractivity contribution in [1.82, 2.24) is 10.8 Å². The van der Waals surface area contributed by atoms with Crippen LogP contribution in [0.1, 0.15) is 34.1 Å². The molecule has 0 saturated heterocycles. The first-order valence-corrected chi connectivity index (χ1v) is 7.53. The number of amides is 2. The van der Waals surface area contributed by atoms with E-state index in [1.165, 1.54) is 0 Å². The van der Waals surface area contributed by atoms with Gasteiger partial charge in [-0.15, -0.1) is 0 Å². The maximum atomic E-state index is 12.1. The Morgan fingerprint density at radius 3 is 1.92 bits per heavy atom. The van der Waals surface area contributed by atoms with Crippen LogP contribution in [-0.2, 0) is 24.0 Å². The van der Waals surface area contributed by atoms with Gasteiger partial charge in [0.1, 0.15) is 12.5 Å². The zero-order valence-electron chi connectivity index (χ0n) is 14.5. The summed E-state index contributed by atoms with van der Waals surface area (Å²) in [5.41, 5.74) is 7.36. The molecule has 25 heavy (non-hydrogen) atoms. The van der Waals surface area contributed by atoms with Crippen LogP contribution in [-0.4, -0.2) is 56.9 Å². The maximum Gasteiger partial charge on any atom is 0.367 e. The Balaban J connectivity index is 5.04. The number of rotatable bonds is 10. The SMILES string of the molecule is CC(C)[C@H](N)C(=O)N[C@H](C(=O)NOC(O)(CC(=O)O)C(=O)O)C(C)C. The van der Waals surface area contributed by atoms with E-state index in [4.69, 9.17) is 15.9 Å².